The van der Waals surface area contributed by atoms with Crippen molar-refractivity contribution >= 4 is 23.0 Å². The van der Waals surface area contributed by atoms with Crippen LogP contribution in [0.2, 0.25) is 0 Å². The van der Waals surface area contributed by atoms with E-state index in [0.29, 0.717) is 5.92 Å². The minimum absolute atomic E-state index is 0.0504. The van der Waals surface area contributed by atoms with E-state index in [9.17, 15) is 0 Å². The van der Waals surface area contributed by atoms with E-state index in [2.05, 4.69) is 122 Å². The summed E-state index contributed by atoms with van der Waals surface area (Å²) in [5.74, 6) is 2.34. The van der Waals surface area contributed by atoms with Gasteiger partial charge in [0, 0.05) is 28.1 Å². The van der Waals surface area contributed by atoms with Gasteiger partial charge in [0.15, 0.2) is 11.6 Å². The number of hydrogen-bond donors (Lipinski definition) is 0. The van der Waals surface area contributed by atoms with E-state index in [1.807, 2.05) is 0 Å². The molecule has 204 valence electrons. The van der Waals surface area contributed by atoms with Crippen LogP contribution in [0.1, 0.15) is 82.0 Å². The number of hydrogen-bond acceptors (Lipinski definition) is 4. The van der Waals surface area contributed by atoms with Crippen LogP contribution in [-0.2, 0) is 11.8 Å². The van der Waals surface area contributed by atoms with Gasteiger partial charge < -0.3 is 9.80 Å². The predicted octanol–water partition coefficient (Wildman–Crippen LogP) is 9.07. The highest BCUT2D eigenvalue weighted by Crippen LogP contribution is 2.58. The number of rotatable bonds is 5. The molecular weight excluding hydrogens is 488 g/mol. The fourth-order valence-corrected chi connectivity index (χ4v) is 8.08. The van der Waals surface area contributed by atoms with Gasteiger partial charge in [-0.25, -0.2) is 9.97 Å². The summed E-state index contributed by atoms with van der Waals surface area (Å²) in [4.78, 5) is 16.0. The number of benzene rings is 3. The highest BCUT2D eigenvalue weighted by atomic mass is 15.5. The molecule has 1 saturated carbocycles. The second-order valence-corrected chi connectivity index (χ2v) is 12.3. The molecule has 3 aliphatic rings. The number of aromatic nitrogens is 2. The van der Waals surface area contributed by atoms with Gasteiger partial charge in [0.25, 0.3) is 0 Å². The minimum atomic E-state index is 0.0504. The van der Waals surface area contributed by atoms with E-state index < -0.39 is 0 Å². The highest BCUT2D eigenvalue weighted by molar-refractivity contribution is 5.86. The van der Waals surface area contributed by atoms with E-state index in [-0.39, 0.29) is 17.0 Å². The minimum Gasteiger partial charge on any atom is -0.301 e. The van der Waals surface area contributed by atoms with Gasteiger partial charge in [-0.05, 0) is 61.4 Å². The molecule has 4 heteroatoms. The zero-order chi connectivity index (χ0) is 27.3. The van der Waals surface area contributed by atoms with Crippen molar-refractivity contribution in [1.82, 2.24) is 9.97 Å². The van der Waals surface area contributed by atoms with Crippen LogP contribution in [0.5, 0.6) is 0 Å². The lowest BCUT2D eigenvalue weighted by molar-refractivity contribution is 0.197. The van der Waals surface area contributed by atoms with Crippen LogP contribution in [-0.4, -0.2) is 16.1 Å². The molecule has 0 amide bonds. The van der Waals surface area contributed by atoms with Crippen molar-refractivity contribution in [3.63, 3.8) is 0 Å². The lowest BCUT2D eigenvalue weighted by atomic mass is 9.63. The van der Waals surface area contributed by atoms with Crippen LogP contribution in [0.15, 0.2) is 91.1 Å². The summed E-state index contributed by atoms with van der Waals surface area (Å²) in [5.41, 5.74) is 6.58. The Morgan fingerprint density at radius 2 is 1.50 bits per heavy atom. The van der Waals surface area contributed by atoms with E-state index in [0.717, 1.165) is 43.0 Å². The standard InChI is InChI=1S/C36H40N4/c1-4-36(5-2)24-26-16-12-13-22-31(26)40-32-33(39(34(36)40)28-19-10-7-11-20-28)38-30(25-37-32)29-21-14-15-23-35(29,3)27-17-8-6-9-18-27/h6-13,16-20,22,25,29,34H,4-5,14-15,21,23-24H2,1-3H3. The Bertz CT molecular complexity index is 1500. The first kappa shape index (κ1) is 25.3. The molecule has 3 unspecified atom stereocenters. The molecule has 0 radical (unpaired) electrons. The molecule has 3 heterocycles. The Hall–Kier alpha value is -3.66. The van der Waals surface area contributed by atoms with Crippen LogP contribution in [0.25, 0.3) is 0 Å². The summed E-state index contributed by atoms with van der Waals surface area (Å²) in [6.07, 6.45) is 10.3. The fraction of sp³-hybridized carbons (Fsp3) is 0.389. The molecule has 4 nitrogen and oxygen atoms in total. The topological polar surface area (TPSA) is 32.3 Å². The third-order valence-corrected chi connectivity index (χ3v) is 10.5. The molecular formula is C36H40N4. The van der Waals surface area contributed by atoms with Gasteiger partial charge in [-0.2, -0.15) is 0 Å². The molecule has 1 aromatic heterocycles. The summed E-state index contributed by atoms with van der Waals surface area (Å²) in [7, 11) is 0. The van der Waals surface area contributed by atoms with E-state index in [1.54, 1.807) is 0 Å². The van der Waals surface area contributed by atoms with Crippen molar-refractivity contribution in [2.24, 2.45) is 5.41 Å². The van der Waals surface area contributed by atoms with Gasteiger partial charge >= 0.3 is 0 Å². The number of para-hydroxylation sites is 2. The summed E-state index contributed by atoms with van der Waals surface area (Å²) < 4.78 is 0. The normalized spacial score (nSPS) is 24.8. The van der Waals surface area contributed by atoms with Crippen molar-refractivity contribution < 1.29 is 0 Å². The smallest absolute Gasteiger partial charge is 0.178 e. The van der Waals surface area contributed by atoms with Crippen LogP contribution >= 0.6 is 0 Å². The first-order chi connectivity index (χ1) is 19.6. The largest absolute Gasteiger partial charge is 0.301 e. The lowest BCUT2D eigenvalue weighted by Gasteiger charge is -2.50. The SMILES string of the molecule is CCC1(CC)Cc2ccccc2N2c3ncc(C4CCCCC4(C)c4ccccc4)nc3N(c3ccccc3)C21. The average Bonchev–Trinajstić information content (AvgIpc) is 3.37. The Balaban J connectivity index is 1.43. The van der Waals surface area contributed by atoms with Crippen LogP contribution in [0, 0.1) is 5.41 Å². The molecule has 7 rings (SSSR count). The van der Waals surface area contributed by atoms with Crippen molar-refractivity contribution in [2.45, 2.75) is 83.2 Å². The van der Waals surface area contributed by atoms with Gasteiger partial charge in [-0.15, -0.1) is 0 Å². The molecule has 0 bridgehead atoms. The maximum Gasteiger partial charge on any atom is 0.178 e. The first-order valence-corrected chi connectivity index (χ1v) is 15.2. The summed E-state index contributed by atoms with van der Waals surface area (Å²) in [5, 5.41) is 0. The maximum atomic E-state index is 5.61. The lowest BCUT2D eigenvalue weighted by Crippen LogP contribution is -2.55. The van der Waals surface area contributed by atoms with Crippen molar-refractivity contribution in [1.29, 1.82) is 0 Å². The quantitative estimate of drug-likeness (QED) is 0.259. The zero-order valence-electron chi connectivity index (χ0n) is 24.1. The van der Waals surface area contributed by atoms with Gasteiger partial charge in [0.1, 0.15) is 6.17 Å². The number of nitrogens with zero attached hydrogens (tertiary/aromatic N) is 4. The molecule has 3 aromatic carbocycles. The number of fused-ring (bicyclic) bond motifs is 5. The Morgan fingerprint density at radius 1 is 0.800 bits per heavy atom. The Kier molecular flexibility index (Phi) is 6.18. The summed E-state index contributed by atoms with van der Waals surface area (Å²) in [6.45, 7) is 7.18. The van der Waals surface area contributed by atoms with E-state index in [4.69, 9.17) is 9.97 Å². The second-order valence-electron chi connectivity index (χ2n) is 12.3. The highest BCUT2D eigenvalue weighted by Gasteiger charge is 2.54. The van der Waals surface area contributed by atoms with E-state index >= 15 is 0 Å². The van der Waals surface area contributed by atoms with Gasteiger partial charge in [0.2, 0.25) is 0 Å². The van der Waals surface area contributed by atoms with Gasteiger partial charge in [0.05, 0.1) is 11.9 Å². The third-order valence-electron chi connectivity index (χ3n) is 10.5. The number of anilines is 4. The summed E-state index contributed by atoms with van der Waals surface area (Å²) in [6, 6.07) is 30.9. The molecule has 1 fully saturated rings. The van der Waals surface area contributed by atoms with Crippen LogP contribution in [0.4, 0.5) is 23.0 Å². The molecule has 3 atom stereocenters. The molecule has 4 aromatic rings. The first-order valence-electron chi connectivity index (χ1n) is 15.2. The Morgan fingerprint density at radius 3 is 2.25 bits per heavy atom. The predicted molar refractivity (Wildman–Crippen MR) is 165 cm³/mol. The summed E-state index contributed by atoms with van der Waals surface area (Å²) >= 11 is 0. The maximum absolute atomic E-state index is 5.61. The van der Waals surface area contributed by atoms with Crippen LogP contribution in [0.3, 0.4) is 0 Å². The van der Waals surface area contributed by atoms with Gasteiger partial charge in [-0.3, -0.25) is 0 Å². The van der Waals surface area contributed by atoms with Gasteiger partial charge in [-0.1, -0.05) is 100 Å². The molecule has 40 heavy (non-hydrogen) atoms. The van der Waals surface area contributed by atoms with E-state index in [1.165, 1.54) is 41.8 Å². The van der Waals surface area contributed by atoms with Crippen molar-refractivity contribution in [3.05, 3.63) is 108 Å². The Labute approximate surface area is 239 Å². The third kappa shape index (κ3) is 3.72. The molecule has 2 aliphatic heterocycles. The molecule has 0 N–H and O–H groups in total. The second kappa shape index (κ2) is 9.76. The molecule has 0 saturated heterocycles. The average molecular weight is 529 g/mol. The molecule has 0 spiro atoms. The fourth-order valence-electron chi connectivity index (χ4n) is 8.08. The van der Waals surface area contributed by atoms with Crippen molar-refractivity contribution in [3.8, 4) is 0 Å². The van der Waals surface area contributed by atoms with Crippen molar-refractivity contribution in [2.75, 3.05) is 9.80 Å². The van der Waals surface area contributed by atoms with Crippen LogP contribution < -0.4 is 9.80 Å². The monoisotopic (exact) mass is 528 g/mol. The molecule has 1 aliphatic carbocycles. The zero-order valence-corrected chi connectivity index (χ0v) is 24.1.